The molecular formula is C15H25N3O. The van der Waals surface area contributed by atoms with Gasteiger partial charge < -0.3 is 9.84 Å². The molecule has 0 amide bonds. The zero-order valence-electron chi connectivity index (χ0n) is 11.9. The lowest BCUT2D eigenvalue weighted by Gasteiger charge is -2.29. The van der Waals surface area contributed by atoms with Gasteiger partial charge in [0, 0.05) is 12.0 Å². The van der Waals surface area contributed by atoms with Gasteiger partial charge in [-0.25, -0.2) is 0 Å². The summed E-state index contributed by atoms with van der Waals surface area (Å²) in [5.41, 5.74) is 0. The highest BCUT2D eigenvalue weighted by atomic mass is 16.5. The minimum atomic E-state index is 0.432. The molecule has 0 aromatic carbocycles. The van der Waals surface area contributed by atoms with Crippen LogP contribution in [0.4, 0.5) is 0 Å². The van der Waals surface area contributed by atoms with Crippen molar-refractivity contribution in [3.63, 3.8) is 0 Å². The molecule has 1 N–H and O–H groups in total. The molecule has 2 aliphatic carbocycles. The van der Waals surface area contributed by atoms with Gasteiger partial charge >= 0.3 is 0 Å². The van der Waals surface area contributed by atoms with Gasteiger partial charge in [-0.05, 0) is 38.6 Å². The standard InChI is InChI=1S/C15H25N3O/c1-2-10-16-13-9-4-3-8-12(13)15-17-14(18-19-15)11-6-5-7-11/h11-13,16H,2-10H2,1H3. The average Bonchev–Trinajstić information content (AvgIpc) is 2.84. The lowest BCUT2D eigenvalue weighted by atomic mass is 9.83. The maximum atomic E-state index is 5.57. The molecule has 4 heteroatoms. The molecule has 1 aromatic heterocycles. The predicted molar refractivity (Wildman–Crippen MR) is 74.2 cm³/mol. The first-order chi connectivity index (χ1) is 9.38. The Morgan fingerprint density at radius 2 is 2.00 bits per heavy atom. The summed E-state index contributed by atoms with van der Waals surface area (Å²) in [4.78, 5) is 4.70. The second-order valence-corrected chi connectivity index (χ2v) is 6.07. The fourth-order valence-corrected chi connectivity index (χ4v) is 3.23. The van der Waals surface area contributed by atoms with E-state index in [0.717, 1.165) is 18.3 Å². The molecule has 19 heavy (non-hydrogen) atoms. The van der Waals surface area contributed by atoms with E-state index in [2.05, 4.69) is 17.4 Å². The van der Waals surface area contributed by atoms with E-state index in [1.807, 2.05) is 0 Å². The molecule has 0 saturated heterocycles. The number of aromatic nitrogens is 2. The van der Waals surface area contributed by atoms with Crippen LogP contribution in [0.1, 0.15) is 81.8 Å². The van der Waals surface area contributed by atoms with Crippen molar-refractivity contribution in [2.45, 2.75) is 76.2 Å². The van der Waals surface area contributed by atoms with Crippen molar-refractivity contribution in [1.29, 1.82) is 0 Å². The quantitative estimate of drug-likeness (QED) is 0.885. The van der Waals surface area contributed by atoms with Crippen molar-refractivity contribution in [2.24, 2.45) is 0 Å². The van der Waals surface area contributed by atoms with Crippen molar-refractivity contribution < 1.29 is 4.52 Å². The maximum absolute atomic E-state index is 5.57. The van der Waals surface area contributed by atoms with E-state index in [0.29, 0.717) is 17.9 Å². The van der Waals surface area contributed by atoms with Gasteiger partial charge in [-0.15, -0.1) is 0 Å². The van der Waals surface area contributed by atoms with Crippen molar-refractivity contribution in [2.75, 3.05) is 6.54 Å². The Morgan fingerprint density at radius 1 is 1.16 bits per heavy atom. The zero-order chi connectivity index (χ0) is 13.1. The SMILES string of the molecule is CCCNC1CCCCC1c1nc(C2CCC2)no1. The van der Waals surface area contributed by atoms with Gasteiger partial charge in [-0.3, -0.25) is 0 Å². The molecule has 1 heterocycles. The van der Waals surface area contributed by atoms with Gasteiger partial charge in [-0.2, -0.15) is 4.98 Å². The van der Waals surface area contributed by atoms with Crippen LogP contribution >= 0.6 is 0 Å². The van der Waals surface area contributed by atoms with Crippen molar-refractivity contribution in [3.05, 3.63) is 11.7 Å². The minimum Gasteiger partial charge on any atom is -0.339 e. The Bertz CT molecular complexity index is 400. The second-order valence-electron chi connectivity index (χ2n) is 6.07. The summed E-state index contributed by atoms with van der Waals surface area (Å²) < 4.78 is 5.57. The lowest BCUT2D eigenvalue weighted by Crippen LogP contribution is -2.37. The van der Waals surface area contributed by atoms with Crippen LogP contribution in [0.15, 0.2) is 4.52 Å². The van der Waals surface area contributed by atoms with Crippen LogP contribution in [0.3, 0.4) is 0 Å². The Morgan fingerprint density at radius 3 is 2.74 bits per heavy atom. The Balaban J connectivity index is 1.68. The highest BCUT2D eigenvalue weighted by Crippen LogP contribution is 2.37. The number of hydrogen-bond acceptors (Lipinski definition) is 4. The van der Waals surface area contributed by atoms with Crippen LogP contribution < -0.4 is 5.32 Å². The smallest absolute Gasteiger partial charge is 0.231 e. The Kier molecular flexibility index (Phi) is 4.16. The summed E-state index contributed by atoms with van der Waals surface area (Å²) in [7, 11) is 0. The summed E-state index contributed by atoms with van der Waals surface area (Å²) in [6.07, 6.45) is 10.0. The monoisotopic (exact) mass is 263 g/mol. The summed E-state index contributed by atoms with van der Waals surface area (Å²) in [5.74, 6) is 2.85. The molecule has 106 valence electrons. The molecule has 1 aromatic rings. The molecule has 2 fully saturated rings. The Labute approximate surface area is 115 Å². The molecule has 2 unspecified atom stereocenters. The normalized spacial score (nSPS) is 28.3. The second kappa shape index (κ2) is 6.04. The highest BCUT2D eigenvalue weighted by molar-refractivity contribution is 5.05. The summed E-state index contributed by atoms with van der Waals surface area (Å²) in [6, 6.07) is 0.531. The molecule has 2 saturated carbocycles. The summed E-state index contributed by atoms with van der Waals surface area (Å²) >= 11 is 0. The van der Waals surface area contributed by atoms with Crippen molar-refractivity contribution in [1.82, 2.24) is 15.5 Å². The number of nitrogens with zero attached hydrogens (tertiary/aromatic N) is 2. The first-order valence-corrected chi connectivity index (χ1v) is 7.95. The van der Waals surface area contributed by atoms with Crippen LogP contribution in [0.25, 0.3) is 0 Å². The molecule has 0 spiro atoms. The number of hydrogen-bond donors (Lipinski definition) is 1. The van der Waals surface area contributed by atoms with E-state index in [1.54, 1.807) is 0 Å². The topological polar surface area (TPSA) is 51.0 Å². The van der Waals surface area contributed by atoms with E-state index in [4.69, 9.17) is 9.51 Å². The van der Waals surface area contributed by atoms with Gasteiger partial charge in [-0.1, -0.05) is 31.3 Å². The van der Waals surface area contributed by atoms with Crippen LogP contribution in [0.5, 0.6) is 0 Å². The van der Waals surface area contributed by atoms with Gasteiger partial charge in [0.15, 0.2) is 5.82 Å². The number of nitrogens with one attached hydrogen (secondary N) is 1. The van der Waals surface area contributed by atoms with Crippen molar-refractivity contribution in [3.8, 4) is 0 Å². The molecule has 0 aliphatic heterocycles. The largest absolute Gasteiger partial charge is 0.339 e. The number of rotatable bonds is 5. The van der Waals surface area contributed by atoms with E-state index in [9.17, 15) is 0 Å². The van der Waals surface area contributed by atoms with Crippen LogP contribution in [0.2, 0.25) is 0 Å². The summed E-state index contributed by atoms with van der Waals surface area (Å²) in [5, 5.41) is 7.87. The van der Waals surface area contributed by atoms with Gasteiger partial charge in [0.05, 0.1) is 5.92 Å². The third kappa shape index (κ3) is 2.83. The lowest BCUT2D eigenvalue weighted by molar-refractivity contribution is 0.261. The zero-order valence-corrected chi connectivity index (χ0v) is 11.9. The van der Waals surface area contributed by atoms with Gasteiger partial charge in [0.2, 0.25) is 5.89 Å². The van der Waals surface area contributed by atoms with E-state index >= 15 is 0 Å². The minimum absolute atomic E-state index is 0.432. The molecule has 2 atom stereocenters. The fraction of sp³-hybridized carbons (Fsp3) is 0.867. The van der Waals surface area contributed by atoms with E-state index in [1.165, 1.54) is 51.4 Å². The molecule has 4 nitrogen and oxygen atoms in total. The fourth-order valence-electron chi connectivity index (χ4n) is 3.23. The van der Waals surface area contributed by atoms with E-state index < -0.39 is 0 Å². The first-order valence-electron chi connectivity index (χ1n) is 7.95. The van der Waals surface area contributed by atoms with Crippen molar-refractivity contribution >= 4 is 0 Å². The maximum Gasteiger partial charge on any atom is 0.231 e. The Hall–Kier alpha value is -0.900. The molecule has 0 bridgehead atoms. The van der Waals surface area contributed by atoms with Gasteiger partial charge in [0.1, 0.15) is 0 Å². The molecular weight excluding hydrogens is 238 g/mol. The third-order valence-corrected chi connectivity index (χ3v) is 4.67. The highest BCUT2D eigenvalue weighted by Gasteiger charge is 2.32. The summed E-state index contributed by atoms with van der Waals surface area (Å²) in [6.45, 7) is 3.30. The van der Waals surface area contributed by atoms with Crippen LogP contribution in [0, 0.1) is 0 Å². The van der Waals surface area contributed by atoms with Crippen LogP contribution in [-0.4, -0.2) is 22.7 Å². The van der Waals surface area contributed by atoms with E-state index in [-0.39, 0.29) is 0 Å². The van der Waals surface area contributed by atoms with Crippen LogP contribution in [-0.2, 0) is 0 Å². The molecule has 2 aliphatic rings. The third-order valence-electron chi connectivity index (χ3n) is 4.67. The molecule has 0 radical (unpaired) electrons. The molecule has 3 rings (SSSR count). The average molecular weight is 263 g/mol. The van der Waals surface area contributed by atoms with Gasteiger partial charge in [0.25, 0.3) is 0 Å². The first kappa shape index (κ1) is 13.1. The predicted octanol–water partition coefficient (Wildman–Crippen LogP) is 3.36.